The minimum atomic E-state index is -0.741. The fourth-order valence-electron chi connectivity index (χ4n) is 1.77. The molecule has 0 saturated carbocycles. The van der Waals surface area contributed by atoms with Gasteiger partial charge in [0.2, 0.25) is 0 Å². The Morgan fingerprint density at radius 3 is 2.71 bits per heavy atom. The van der Waals surface area contributed by atoms with Crippen LogP contribution in [0, 0.1) is 0 Å². The van der Waals surface area contributed by atoms with Crippen LogP contribution >= 0.6 is 0 Å². The Labute approximate surface area is 102 Å². The molecule has 17 heavy (non-hydrogen) atoms. The summed E-state index contributed by atoms with van der Waals surface area (Å²) in [7, 11) is 0. The van der Waals surface area contributed by atoms with Crippen LogP contribution in [0.3, 0.4) is 0 Å². The van der Waals surface area contributed by atoms with Crippen LogP contribution in [0.1, 0.15) is 37.8 Å². The Bertz CT molecular complexity index is 372. The Morgan fingerprint density at radius 2 is 2.12 bits per heavy atom. The molecule has 0 heterocycles. The van der Waals surface area contributed by atoms with E-state index in [0.29, 0.717) is 13.0 Å². The van der Waals surface area contributed by atoms with Crippen LogP contribution in [-0.2, 0) is 17.6 Å². The maximum atomic E-state index is 10.5. The lowest BCUT2D eigenvalue weighted by Gasteiger charge is -2.11. The van der Waals surface area contributed by atoms with Crippen LogP contribution in [0.15, 0.2) is 18.2 Å². The van der Waals surface area contributed by atoms with Crippen LogP contribution in [0.5, 0.6) is 5.75 Å². The minimum absolute atomic E-state index is 0.210. The highest BCUT2D eigenvalue weighted by atomic mass is 16.5. The minimum Gasteiger partial charge on any atom is -0.494 e. The van der Waals surface area contributed by atoms with E-state index in [1.807, 2.05) is 13.0 Å². The lowest BCUT2D eigenvalue weighted by atomic mass is 10.0. The first-order valence-electron chi connectivity index (χ1n) is 6.13. The Morgan fingerprint density at radius 1 is 1.35 bits per heavy atom. The summed E-state index contributed by atoms with van der Waals surface area (Å²) in [6, 6.07) is 6.16. The molecule has 0 unspecified atom stereocenters. The van der Waals surface area contributed by atoms with E-state index in [1.54, 1.807) is 0 Å². The van der Waals surface area contributed by atoms with Crippen LogP contribution in [0.25, 0.3) is 0 Å². The number of hydrogen-bond donors (Lipinski definition) is 1. The van der Waals surface area contributed by atoms with E-state index in [9.17, 15) is 4.79 Å². The molecule has 0 atom stereocenters. The summed E-state index contributed by atoms with van der Waals surface area (Å²) in [5.41, 5.74) is 2.38. The van der Waals surface area contributed by atoms with Gasteiger partial charge in [-0.2, -0.15) is 0 Å². The zero-order valence-corrected chi connectivity index (χ0v) is 10.5. The zero-order chi connectivity index (χ0) is 12.7. The SMILES string of the molecule is CCOc1ccc(CC)cc1CCCC(=O)O. The molecule has 3 heteroatoms. The summed E-state index contributed by atoms with van der Waals surface area (Å²) in [5.74, 6) is 0.143. The molecule has 0 fully saturated rings. The standard InChI is InChI=1S/C14H20O3/c1-3-11-8-9-13(17-4-2)12(10-11)6-5-7-14(15)16/h8-10H,3-7H2,1-2H3,(H,15,16). The van der Waals surface area contributed by atoms with Crippen molar-refractivity contribution in [3.8, 4) is 5.75 Å². The summed E-state index contributed by atoms with van der Waals surface area (Å²) in [4.78, 5) is 10.5. The van der Waals surface area contributed by atoms with Crippen LogP contribution in [0.4, 0.5) is 0 Å². The Kier molecular flexibility index (Phi) is 5.53. The number of carbonyl (C=O) groups is 1. The van der Waals surface area contributed by atoms with Gasteiger partial charge in [0.25, 0.3) is 0 Å². The molecule has 0 aliphatic rings. The third kappa shape index (κ3) is 4.47. The summed E-state index contributed by atoms with van der Waals surface area (Å²) < 4.78 is 5.55. The number of ether oxygens (including phenoxy) is 1. The number of aryl methyl sites for hydroxylation is 2. The largest absolute Gasteiger partial charge is 0.494 e. The van der Waals surface area contributed by atoms with E-state index >= 15 is 0 Å². The molecule has 0 spiro atoms. The molecule has 0 aliphatic heterocycles. The van der Waals surface area contributed by atoms with Gasteiger partial charge in [0.15, 0.2) is 0 Å². The van der Waals surface area contributed by atoms with Crippen molar-refractivity contribution in [1.82, 2.24) is 0 Å². The van der Waals surface area contributed by atoms with Gasteiger partial charge in [-0.3, -0.25) is 4.79 Å². The Balaban J connectivity index is 2.73. The number of benzene rings is 1. The van der Waals surface area contributed by atoms with Crippen molar-refractivity contribution < 1.29 is 14.6 Å². The highest BCUT2D eigenvalue weighted by Crippen LogP contribution is 2.22. The Hall–Kier alpha value is -1.51. The van der Waals surface area contributed by atoms with Gasteiger partial charge in [-0.15, -0.1) is 0 Å². The first-order chi connectivity index (χ1) is 8.17. The zero-order valence-electron chi connectivity index (χ0n) is 10.5. The maximum Gasteiger partial charge on any atom is 0.303 e. The molecule has 0 aliphatic carbocycles. The summed E-state index contributed by atoms with van der Waals surface area (Å²) in [6.07, 6.45) is 2.61. The van der Waals surface area contributed by atoms with Gasteiger partial charge in [-0.25, -0.2) is 0 Å². The van der Waals surface area contributed by atoms with Crippen molar-refractivity contribution in [3.63, 3.8) is 0 Å². The van der Waals surface area contributed by atoms with Crippen molar-refractivity contribution in [2.24, 2.45) is 0 Å². The number of carboxylic acids is 1. The van der Waals surface area contributed by atoms with Crippen molar-refractivity contribution >= 4 is 5.97 Å². The van der Waals surface area contributed by atoms with Gasteiger partial charge in [-0.1, -0.05) is 19.1 Å². The van der Waals surface area contributed by atoms with Crippen LogP contribution < -0.4 is 4.74 Å². The van der Waals surface area contributed by atoms with Gasteiger partial charge in [0.05, 0.1) is 6.61 Å². The molecular formula is C14H20O3. The first kappa shape index (κ1) is 13.6. The second kappa shape index (κ2) is 6.94. The van der Waals surface area contributed by atoms with Crippen molar-refractivity contribution in [2.45, 2.75) is 39.5 Å². The lowest BCUT2D eigenvalue weighted by molar-refractivity contribution is -0.137. The van der Waals surface area contributed by atoms with E-state index in [0.717, 1.165) is 24.2 Å². The molecular weight excluding hydrogens is 216 g/mol. The predicted molar refractivity (Wildman–Crippen MR) is 67.6 cm³/mol. The molecule has 94 valence electrons. The molecule has 0 radical (unpaired) electrons. The molecule has 0 saturated heterocycles. The molecule has 1 aromatic carbocycles. The fourth-order valence-corrected chi connectivity index (χ4v) is 1.77. The highest BCUT2D eigenvalue weighted by Gasteiger charge is 2.06. The molecule has 1 rings (SSSR count). The van der Waals surface area contributed by atoms with Crippen molar-refractivity contribution in [1.29, 1.82) is 0 Å². The number of carboxylic acid groups (broad SMARTS) is 1. The van der Waals surface area contributed by atoms with E-state index in [1.165, 1.54) is 5.56 Å². The monoisotopic (exact) mass is 236 g/mol. The normalized spacial score (nSPS) is 10.2. The van der Waals surface area contributed by atoms with E-state index in [4.69, 9.17) is 9.84 Å². The van der Waals surface area contributed by atoms with Crippen LogP contribution in [-0.4, -0.2) is 17.7 Å². The fraction of sp³-hybridized carbons (Fsp3) is 0.500. The first-order valence-corrected chi connectivity index (χ1v) is 6.13. The van der Waals surface area contributed by atoms with Crippen LogP contribution in [0.2, 0.25) is 0 Å². The van der Waals surface area contributed by atoms with E-state index in [-0.39, 0.29) is 6.42 Å². The number of hydrogen-bond acceptors (Lipinski definition) is 2. The number of aliphatic carboxylic acids is 1. The highest BCUT2D eigenvalue weighted by molar-refractivity contribution is 5.66. The van der Waals surface area contributed by atoms with Crippen molar-refractivity contribution in [3.05, 3.63) is 29.3 Å². The molecule has 1 aromatic rings. The average Bonchev–Trinajstić information content (AvgIpc) is 2.31. The van der Waals surface area contributed by atoms with Gasteiger partial charge in [0.1, 0.15) is 5.75 Å². The molecule has 1 N–H and O–H groups in total. The second-order valence-electron chi connectivity index (χ2n) is 3.98. The van der Waals surface area contributed by atoms with Gasteiger partial charge in [-0.05, 0) is 43.4 Å². The topological polar surface area (TPSA) is 46.5 Å². The summed E-state index contributed by atoms with van der Waals surface area (Å²) in [6.45, 7) is 4.70. The maximum absolute atomic E-state index is 10.5. The smallest absolute Gasteiger partial charge is 0.303 e. The quantitative estimate of drug-likeness (QED) is 0.791. The van der Waals surface area contributed by atoms with Gasteiger partial charge in [0, 0.05) is 6.42 Å². The molecule has 3 nitrogen and oxygen atoms in total. The molecule has 0 bridgehead atoms. The molecule has 0 amide bonds. The predicted octanol–water partition coefficient (Wildman–Crippen LogP) is 3.06. The average molecular weight is 236 g/mol. The van der Waals surface area contributed by atoms with Gasteiger partial charge < -0.3 is 9.84 Å². The molecule has 0 aromatic heterocycles. The third-order valence-electron chi connectivity index (χ3n) is 2.67. The van der Waals surface area contributed by atoms with E-state index < -0.39 is 5.97 Å². The number of rotatable bonds is 7. The third-order valence-corrected chi connectivity index (χ3v) is 2.67. The van der Waals surface area contributed by atoms with E-state index in [2.05, 4.69) is 19.1 Å². The summed E-state index contributed by atoms with van der Waals surface area (Å²) >= 11 is 0. The van der Waals surface area contributed by atoms with Gasteiger partial charge >= 0.3 is 5.97 Å². The lowest BCUT2D eigenvalue weighted by Crippen LogP contribution is -2.00. The summed E-state index contributed by atoms with van der Waals surface area (Å²) in [5, 5.41) is 8.63. The second-order valence-corrected chi connectivity index (χ2v) is 3.98. The van der Waals surface area contributed by atoms with Crippen molar-refractivity contribution in [2.75, 3.05) is 6.61 Å².